The quantitative estimate of drug-likeness (QED) is 0.421. The molecule has 2 heterocycles. The summed E-state index contributed by atoms with van der Waals surface area (Å²) in [4.78, 5) is 32.5. The van der Waals surface area contributed by atoms with Crippen LogP contribution in [0, 0.1) is 6.92 Å². The van der Waals surface area contributed by atoms with Gasteiger partial charge in [0.05, 0.1) is 29.3 Å². The van der Waals surface area contributed by atoms with E-state index in [2.05, 4.69) is 15.3 Å². The predicted molar refractivity (Wildman–Crippen MR) is 120 cm³/mol. The molecule has 170 valence electrons. The van der Waals surface area contributed by atoms with Crippen molar-refractivity contribution in [3.63, 3.8) is 0 Å². The molecule has 0 saturated heterocycles. The van der Waals surface area contributed by atoms with E-state index in [9.17, 15) is 18.4 Å². The lowest BCUT2D eigenvalue weighted by molar-refractivity contribution is -0.119. The largest absolute Gasteiger partial charge is 0.352 e. The number of hydrogen-bond donors (Lipinski definition) is 2. The number of alkyl halides is 2. The number of carbonyl (C=O) groups is 1. The molecule has 2 aromatic carbocycles. The van der Waals surface area contributed by atoms with Crippen LogP contribution in [-0.4, -0.2) is 31.3 Å². The van der Waals surface area contributed by atoms with Crippen LogP contribution in [0.3, 0.4) is 0 Å². The highest BCUT2D eigenvalue weighted by atomic mass is 19.3. The van der Waals surface area contributed by atoms with E-state index in [-0.39, 0.29) is 5.91 Å². The summed E-state index contributed by atoms with van der Waals surface area (Å²) in [7, 11) is 0. The zero-order chi connectivity index (χ0) is 23.6. The summed E-state index contributed by atoms with van der Waals surface area (Å²) in [5.74, 6) is -0.616. The van der Waals surface area contributed by atoms with E-state index in [1.54, 1.807) is 55.5 Å². The molecule has 4 aromatic rings. The van der Waals surface area contributed by atoms with Gasteiger partial charge in [-0.05, 0) is 30.2 Å². The molecular weight excluding hydrogens is 430 g/mol. The smallest absolute Gasteiger partial charge is 0.328 e. The van der Waals surface area contributed by atoms with Gasteiger partial charge >= 0.3 is 11.6 Å². The summed E-state index contributed by atoms with van der Waals surface area (Å²) in [6, 6.07) is 10.2. The number of amides is 1. The van der Waals surface area contributed by atoms with E-state index in [4.69, 9.17) is 0 Å². The molecule has 0 fully saturated rings. The first-order valence-electron chi connectivity index (χ1n) is 10.2. The van der Waals surface area contributed by atoms with Gasteiger partial charge in [0.2, 0.25) is 5.91 Å². The summed E-state index contributed by atoms with van der Waals surface area (Å²) < 4.78 is 32.0. The van der Waals surface area contributed by atoms with Crippen molar-refractivity contribution >= 4 is 22.8 Å². The lowest BCUT2D eigenvalue weighted by atomic mass is 10.1. The van der Waals surface area contributed by atoms with E-state index < -0.39 is 23.8 Å². The molecule has 0 bridgehead atoms. The highest BCUT2D eigenvalue weighted by Gasteiger charge is 2.31. The average molecular weight is 452 g/mol. The third kappa shape index (κ3) is 4.89. The molecule has 33 heavy (non-hydrogen) atoms. The Hall–Kier alpha value is -4.08. The fourth-order valence-corrected chi connectivity index (χ4v) is 3.49. The van der Waals surface area contributed by atoms with E-state index in [0.717, 1.165) is 5.56 Å². The van der Waals surface area contributed by atoms with Gasteiger partial charge in [0.1, 0.15) is 6.33 Å². The molecule has 1 amide bonds. The second kappa shape index (κ2) is 8.81. The van der Waals surface area contributed by atoms with E-state index in [1.165, 1.54) is 28.8 Å². The van der Waals surface area contributed by atoms with Crippen molar-refractivity contribution in [1.82, 2.24) is 24.6 Å². The summed E-state index contributed by atoms with van der Waals surface area (Å²) in [6.45, 7) is 3.43. The molecule has 10 heteroatoms. The molecule has 0 saturated carbocycles. The van der Waals surface area contributed by atoms with Gasteiger partial charge in [0.25, 0.3) is 0 Å². The average Bonchev–Trinajstić information content (AvgIpc) is 3.18. The maximum Gasteiger partial charge on any atom is 0.328 e. The number of fused-ring (bicyclic) bond motifs is 1. The predicted octanol–water partition coefficient (Wildman–Crippen LogP) is 3.10. The number of nitrogens with one attached hydrogen (secondary N) is 2. The number of rotatable bonds is 7. The van der Waals surface area contributed by atoms with Crippen LogP contribution in [0.1, 0.15) is 23.7 Å². The van der Waals surface area contributed by atoms with E-state index in [1.807, 2.05) is 5.32 Å². The van der Waals surface area contributed by atoms with Crippen molar-refractivity contribution in [1.29, 1.82) is 0 Å². The summed E-state index contributed by atoms with van der Waals surface area (Å²) in [5, 5.41) is 4.71. The van der Waals surface area contributed by atoms with Gasteiger partial charge in [-0.3, -0.25) is 9.59 Å². The lowest BCUT2D eigenvalue weighted by Gasteiger charge is -2.20. The fourth-order valence-electron chi connectivity index (χ4n) is 3.49. The minimum Gasteiger partial charge on any atom is -0.352 e. The first-order chi connectivity index (χ1) is 15.7. The van der Waals surface area contributed by atoms with Crippen LogP contribution in [0.2, 0.25) is 0 Å². The second-order valence-electron chi connectivity index (χ2n) is 7.68. The van der Waals surface area contributed by atoms with Crippen LogP contribution in [0.25, 0.3) is 11.0 Å². The zero-order valence-electron chi connectivity index (χ0n) is 18.0. The number of halogens is 2. The zero-order valence-corrected chi connectivity index (χ0v) is 18.0. The molecule has 0 aliphatic heterocycles. The molecule has 2 N–H and O–H groups in total. The Kier molecular flexibility index (Phi) is 5.91. The topological polar surface area (TPSA) is 93.8 Å². The molecule has 0 radical (unpaired) electrons. The number of imidazole rings is 1. The number of benzene rings is 2. The van der Waals surface area contributed by atoms with Crippen LogP contribution >= 0.6 is 0 Å². The van der Waals surface area contributed by atoms with Gasteiger partial charge in [-0.15, -0.1) is 0 Å². The Morgan fingerprint density at radius 2 is 1.85 bits per heavy atom. The van der Waals surface area contributed by atoms with E-state index >= 15 is 0 Å². The second-order valence-corrected chi connectivity index (χ2v) is 7.68. The van der Waals surface area contributed by atoms with Crippen molar-refractivity contribution in [2.75, 3.05) is 5.32 Å². The highest BCUT2D eigenvalue weighted by Crippen LogP contribution is 2.21. The number of aromatic nitrogens is 4. The molecule has 2 aromatic heterocycles. The van der Waals surface area contributed by atoms with Crippen molar-refractivity contribution < 1.29 is 13.6 Å². The van der Waals surface area contributed by atoms with Gasteiger partial charge in [-0.1, -0.05) is 36.4 Å². The third-order valence-electron chi connectivity index (χ3n) is 5.03. The summed E-state index contributed by atoms with van der Waals surface area (Å²) in [5.41, 5.74) is 2.16. The van der Waals surface area contributed by atoms with Crippen LogP contribution in [0.15, 0.2) is 65.8 Å². The number of aryl methyl sites for hydroxylation is 1. The van der Waals surface area contributed by atoms with Gasteiger partial charge < -0.3 is 10.6 Å². The third-order valence-corrected chi connectivity index (χ3v) is 5.03. The van der Waals surface area contributed by atoms with Crippen LogP contribution < -0.4 is 16.2 Å². The molecule has 4 rings (SSSR count). The van der Waals surface area contributed by atoms with Crippen LogP contribution in [0.4, 0.5) is 14.6 Å². The highest BCUT2D eigenvalue weighted by molar-refractivity contribution is 5.77. The lowest BCUT2D eigenvalue weighted by Crippen LogP contribution is -2.37. The van der Waals surface area contributed by atoms with Crippen molar-refractivity contribution in [2.45, 2.75) is 32.9 Å². The number of carbonyl (C=O) groups excluding carboxylic acids is 1. The molecule has 0 aliphatic carbocycles. The molecular formula is C23H22F2N6O2. The Morgan fingerprint density at radius 3 is 2.58 bits per heavy atom. The molecule has 8 nitrogen and oxygen atoms in total. The molecule has 0 unspecified atom stereocenters. The minimum atomic E-state index is -3.38. The van der Waals surface area contributed by atoms with Gasteiger partial charge in [-0.25, -0.2) is 19.3 Å². The Bertz CT molecular complexity index is 1360. The van der Waals surface area contributed by atoms with Crippen molar-refractivity contribution in [3.05, 3.63) is 88.2 Å². The van der Waals surface area contributed by atoms with Gasteiger partial charge in [0.15, 0.2) is 5.82 Å². The van der Waals surface area contributed by atoms with Crippen molar-refractivity contribution in [3.8, 4) is 0 Å². The Morgan fingerprint density at radius 1 is 1.09 bits per heavy atom. The fraction of sp³-hybridized carbons (Fsp3) is 0.217. The molecule has 0 aliphatic rings. The SMILES string of the molecule is CC(=O)NCc1ccc2c(c1)ncn2-n1c(C)cnc(NC(F)(F)Cc2ccccc2)c1=O. The van der Waals surface area contributed by atoms with Crippen LogP contribution in [-0.2, 0) is 17.8 Å². The molecule has 0 atom stereocenters. The first kappa shape index (κ1) is 22.1. The minimum absolute atomic E-state index is 0.149. The maximum absolute atomic E-state index is 14.6. The van der Waals surface area contributed by atoms with Crippen molar-refractivity contribution in [2.24, 2.45) is 0 Å². The number of anilines is 1. The summed E-state index contributed by atoms with van der Waals surface area (Å²) >= 11 is 0. The standard InChI is InChI=1S/C23H22F2N6O2/c1-15-12-27-21(29-23(24,25)11-17-6-4-3-5-7-17)22(33)31(15)30-14-28-19-10-18(8-9-20(19)30)13-26-16(2)32/h3-10,12,14H,11,13H2,1-2H3,(H,26,32)(H,27,29). The van der Waals surface area contributed by atoms with E-state index in [0.29, 0.717) is 28.8 Å². The maximum atomic E-state index is 14.6. The van der Waals surface area contributed by atoms with Gasteiger partial charge in [0, 0.05) is 13.5 Å². The summed E-state index contributed by atoms with van der Waals surface area (Å²) in [6.07, 6.45) is 2.19. The Labute approximate surface area is 187 Å². The monoisotopic (exact) mass is 452 g/mol. The van der Waals surface area contributed by atoms with Crippen LogP contribution in [0.5, 0.6) is 0 Å². The number of nitrogens with zero attached hydrogens (tertiary/aromatic N) is 4. The van der Waals surface area contributed by atoms with Gasteiger partial charge in [-0.2, -0.15) is 8.78 Å². The Balaban J connectivity index is 1.66. The number of hydrogen-bond acceptors (Lipinski definition) is 5. The molecule has 0 spiro atoms. The first-order valence-corrected chi connectivity index (χ1v) is 10.2. The normalized spacial score (nSPS) is 11.5.